The number of halogens is 2. The lowest BCUT2D eigenvalue weighted by Crippen LogP contribution is -2.06. The molecule has 0 bridgehead atoms. The van der Waals surface area contributed by atoms with E-state index in [1.807, 2.05) is 19.9 Å². The van der Waals surface area contributed by atoms with Gasteiger partial charge in [-0.2, -0.15) is 0 Å². The summed E-state index contributed by atoms with van der Waals surface area (Å²) in [7, 11) is 0. The standard InChI is InChI=1S/C10H13Cl2NO/c1-6(2)14-8-4-3-7(5-13)9(11)10(8)12/h3-4,6H,5,13H2,1-2H3. The molecule has 78 valence electrons. The van der Waals surface area contributed by atoms with Gasteiger partial charge in [-0.3, -0.25) is 0 Å². The van der Waals surface area contributed by atoms with Gasteiger partial charge in [0.15, 0.2) is 0 Å². The van der Waals surface area contributed by atoms with Crippen molar-refractivity contribution >= 4 is 23.2 Å². The van der Waals surface area contributed by atoms with Crippen LogP contribution in [-0.4, -0.2) is 6.10 Å². The van der Waals surface area contributed by atoms with Gasteiger partial charge >= 0.3 is 0 Å². The van der Waals surface area contributed by atoms with Gasteiger partial charge in [0.05, 0.1) is 11.1 Å². The van der Waals surface area contributed by atoms with Crippen molar-refractivity contribution < 1.29 is 4.74 Å². The number of hydrogen-bond acceptors (Lipinski definition) is 2. The van der Waals surface area contributed by atoms with Crippen LogP contribution in [0, 0.1) is 0 Å². The summed E-state index contributed by atoms with van der Waals surface area (Å²) in [6.07, 6.45) is 0.0762. The largest absolute Gasteiger partial charge is 0.489 e. The minimum Gasteiger partial charge on any atom is -0.489 e. The van der Waals surface area contributed by atoms with E-state index in [2.05, 4.69) is 0 Å². The first kappa shape index (κ1) is 11.6. The van der Waals surface area contributed by atoms with Gasteiger partial charge < -0.3 is 10.5 Å². The Balaban J connectivity index is 3.04. The molecule has 1 aromatic carbocycles. The van der Waals surface area contributed by atoms with Crippen molar-refractivity contribution in [1.82, 2.24) is 0 Å². The Labute approximate surface area is 94.0 Å². The second-order valence-corrected chi connectivity index (χ2v) is 3.98. The Hall–Kier alpha value is -0.440. The van der Waals surface area contributed by atoms with Crippen molar-refractivity contribution in [3.63, 3.8) is 0 Å². The van der Waals surface area contributed by atoms with Gasteiger partial charge in [0, 0.05) is 6.54 Å². The fourth-order valence-corrected chi connectivity index (χ4v) is 1.54. The number of benzene rings is 1. The van der Waals surface area contributed by atoms with Crippen LogP contribution >= 0.6 is 23.2 Å². The van der Waals surface area contributed by atoms with E-state index >= 15 is 0 Å². The average molecular weight is 234 g/mol. The quantitative estimate of drug-likeness (QED) is 0.871. The number of hydrogen-bond donors (Lipinski definition) is 1. The van der Waals surface area contributed by atoms with Crippen molar-refractivity contribution in [3.8, 4) is 5.75 Å². The lowest BCUT2D eigenvalue weighted by Gasteiger charge is -2.13. The molecule has 4 heteroatoms. The highest BCUT2D eigenvalue weighted by Crippen LogP contribution is 2.34. The van der Waals surface area contributed by atoms with Crippen molar-refractivity contribution in [2.45, 2.75) is 26.5 Å². The summed E-state index contributed by atoms with van der Waals surface area (Å²) < 4.78 is 5.47. The molecule has 0 unspecified atom stereocenters. The Morgan fingerprint density at radius 3 is 2.43 bits per heavy atom. The summed E-state index contributed by atoms with van der Waals surface area (Å²) in [6.45, 7) is 4.24. The molecule has 2 nitrogen and oxygen atoms in total. The van der Waals surface area contributed by atoms with Crippen LogP contribution in [0.3, 0.4) is 0 Å². The number of ether oxygens (including phenoxy) is 1. The van der Waals surface area contributed by atoms with Gasteiger partial charge in [0.25, 0.3) is 0 Å². The molecule has 1 aromatic rings. The summed E-state index contributed by atoms with van der Waals surface area (Å²) in [5, 5.41) is 0.913. The fraction of sp³-hybridized carbons (Fsp3) is 0.400. The lowest BCUT2D eigenvalue weighted by molar-refractivity contribution is 0.242. The molecule has 2 N–H and O–H groups in total. The van der Waals surface area contributed by atoms with E-state index in [4.69, 9.17) is 33.7 Å². The maximum absolute atomic E-state index is 6.01. The Morgan fingerprint density at radius 2 is 1.93 bits per heavy atom. The van der Waals surface area contributed by atoms with E-state index in [0.717, 1.165) is 5.56 Å². The first-order valence-electron chi connectivity index (χ1n) is 4.39. The molecular weight excluding hydrogens is 221 g/mol. The van der Waals surface area contributed by atoms with Crippen molar-refractivity contribution in [2.75, 3.05) is 0 Å². The van der Waals surface area contributed by atoms with E-state index in [9.17, 15) is 0 Å². The SMILES string of the molecule is CC(C)Oc1ccc(CN)c(Cl)c1Cl. The summed E-state index contributed by atoms with van der Waals surface area (Å²) in [5.41, 5.74) is 6.31. The third-order valence-corrected chi connectivity index (χ3v) is 2.61. The van der Waals surface area contributed by atoms with Crippen molar-refractivity contribution in [1.29, 1.82) is 0 Å². The van der Waals surface area contributed by atoms with Gasteiger partial charge in [-0.25, -0.2) is 0 Å². The summed E-state index contributed by atoms with van der Waals surface area (Å²) >= 11 is 12.0. The van der Waals surface area contributed by atoms with E-state index in [-0.39, 0.29) is 6.10 Å². The van der Waals surface area contributed by atoms with Gasteiger partial charge in [-0.15, -0.1) is 0 Å². The highest BCUT2D eigenvalue weighted by molar-refractivity contribution is 6.43. The lowest BCUT2D eigenvalue weighted by atomic mass is 10.2. The third kappa shape index (κ3) is 2.53. The smallest absolute Gasteiger partial charge is 0.139 e. The molecule has 0 heterocycles. The summed E-state index contributed by atoms with van der Waals surface area (Å²) in [4.78, 5) is 0. The second kappa shape index (κ2) is 4.87. The predicted molar refractivity (Wildman–Crippen MR) is 60.1 cm³/mol. The van der Waals surface area contributed by atoms with E-state index in [0.29, 0.717) is 22.3 Å². The van der Waals surface area contributed by atoms with Crippen LogP contribution in [0.15, 0.2) is 12.1 Å². The van der Waals surface area contributed by atoms with Crippen LogP contribution in [0.4, 0.5) is 0 Å². The third-order valence-electron chi connectivity index (χ3n) is 1.71. The molecule has 0 saturated heterocycles. The topological polar surface area (TPSA) is 35.2 Å². The molecule has 0 aliphatic carbocycles. The van der Waals surface area contributed by atoms with Crippen LogP contribution in [0.2, 0.25) is 10.0 Å². The molecule has 0 amide bonds. The molecule has 0 saturated carbocycles. The molecule has 0 aromatic heterocycles. The molecule has 0 radical (unpaired) electrons. The molecule has 1 rings (SSSR count). The Bertz CT molecular complexity index is 326. The average Bonchev–Trinajstić information content (AvgIpc) is 2.13. The highest BCUT2D eigenvalue weighted by Gasteiger charge is 2.10. The van der Waals surface area contributed by atoms with Gasteiger partial charge in [-0.1, -0.05) is 29.3 Å². The van der Waals surface area contributed by atoms with E-state index in [1.54, 1.807) is 6.07 Å². The molecular formula is C10H13Cl2NO. The highest BCUT2D eigenvalue weighted by atomic mass is 35.5. The zero-order valence-corrected chi connectivity index (χ0v) is 9.69. The van der Waals surface area contributed by atoms with E-state index < -0.39 is 0 Å². The Morgan fingerprint density at radius 1 is 1.29 bits per heavy atom. The van der Waals surface area contributed by atoms with Crippen LogP contribution in [0.5, 0.6) is 5.75 Å². The fourth-order valence-electron chi connectivity index (χ4n) is 1.07. The number of nitrogens with two attached hydrogens (primary N) is 1. The van der Waals surface area contributed by atoms with Crippen LogP contribution in [0.25, 0.3) is 0 Å². The second-order valence-electron chi connectivity index (χ2n) is 3.22. The normalized spacial score (nSPS) is 10.7. The first-order chi connectivity index (χ1) is 6.56. The van der Waals surface area contributed by atoms with Gasteiger partial charge in [-0.05, 0) is 25.5 Å². The van der Waals surface area contributed by atoms with Crippen molar-refractivity contribution in [3.05, 3.63) is 27.7 Å². The maximum atomic E-state index is 6.01. The zero-order chi connectivity index (χ0) is 10.7. The van der Waals surface area contributed by atoms with E-state index in [1.165, 1.54) is 0 Å². The predicted octanol–water partition coefficient (Wildman–Crippen LogP) is 3.24. The summed E-state index contributed by atoms with van der Waals surface area (Å²) in [5.74, 6) is 0.601. The molecule has 14 heavy (non-hydrogen) atoms. The molecule has 0 aliphatic heterocycles. The zero-order valence-electron chi connectivity index (χ0n) is 8.18. The monoisotopic (exact) mass is 233 g/mol. The van der Waals surface area contributed by atoms with Crippen LogP contribution in [0.1, 0.15) is 19.4 Å². The van der Waals surface area contributed by atoms with Crippen LogP contribution < -0.4 is 10.5 Å². The summed E-state index contributed by atoms with van der Waals surface area (Å²) in [6, 6.07) is 3.61. The van der Waals surface area contributed by atoms with Gasteiger partial charge in [0.1, 0.15) is 10.8 Å². The minimum atomic E-state index is 0.0762. The molecule has 0 fully saturated rings. The molecule has 0 spiro atoms. The first-order valence-corrected chi connectivity index (χ1v) is 5.15. The van der Waals surface area contributed by atoms with Gasteiger partial charge in [0.2, 0.25) is 0 Å². The number of rotatable bonds is 3. The molecule has 0 atom stereocenters. The molecule has 0 aliphatic rings. The maximum Gasteiger partial charge on any atom is 0.139 e. The van der Waals surface area contributed by atoms with Crippen molar-refractivity contribution in [2.24, 2.45) is 5.73 Å². The Kier molecular flexibility index (Phi) is 4.05. The minimum absolute atomic E-state index is 0.0762. The van der Waals surface area contributed by atoms with Crippen LogP contribution in [-0.2, 0) is 6.54 Å².